The van der Waals surface area contributed by atoms with E-state index in [0.29, 0.717) is 24.7 Å². The van der Waals surface area contributed by atoms with Gasteiger partial charge in [-0.3, -0.25) is 4.79 Å². The molecule has 0 spiro atoms. The summed E-state index contributed by atoms with van der Waals surface area (Å²) in [5, 5.41) is 0.981. The molecule has 136 valence electrons. The lowest BCUT2D eigenvalue weighted by Crippen LogP contribution is -2.09. The van der Waals surface area contributed by atoms with Gasteiger partial charge in [-0.2, -0.15) is 0 Å². The molecule has 2 aromatic carbocycles. The van der Waals surface area contributed by atoms with Gasteiger partial charge in [-0.1, -0.05) is 22.0 Å². The van der Waals surface area contributed by atoms with E-state index in [1.807, 2.05) is 24.3 Å². The highest BCUT2D eigenvalue weighted by Crippen LogP contribution is 2.29. The van der Waals surface area contributed by atoms with Crippen molar-refractivity contribution in [1.82, 2.24) is 0 Å². The number of hydrogen-bond donors (Lipinski definition) is 0. The first-order chi connectivity index (χ1) is 12.6. The summed E-state index contributed by atoms with van der Waals surface area (Å²) < 4.78 is 22.8. The summed E-state index contributed by atoms with van der Waals surface area (Å²) in [6.45, 7) is 2.44. The summed E-state index contributed by atoms with van der Waals surface area (Å²) in [6, 6.07) is 11.2. The molecule has 3 rings (SSSR count). The van der Waals surface area contributed by atoms with Gasteiger partial charge >= 0.3 is 5.97 Å². The van der Waals surface area contributed by atoms with Crippen LogP contribution >= 0.6 is 15.9 Å². The number of esters is 1. The van der Waals surface area contributed by atoms with Gasteiger partial charge in [0.1, 0.15) is 23.7 Å². The van der Waals surface area contributed by atoms with E-state index >= 15 is 0 Å². The number of benzene rings is 2. The van der Waals surface area contributed by atoms with Gasteiger partial charge in [-0.25, -0.2) is 0 Å². The van der Waals surface area contributed by atoms with Crippen molar-refractivity contribution in [1.29, 1.82) is 0 Å². The predicted molar refractivity (Wildman–Crippen MR) is 102 cm³/mol. The number of methoxy groups -OCH3 is 1. The minimum atomic E-state index is -0.291. The van der Waals surface area contributed by atoms with Gasteiger partial charge in [-0.05, 0) is 31.2 Å². The molecule has 0 aliphatic carbocycles. The van der Waals surface area contributed by atoms with Gasteiger partial charge in [-0.15, -0.1) is 0 Å². The maximum absolute atomic E-state index is 11.8. The molecule has 0 aliphatic rings. The highest BCUT2D eigenvalue weighted by molar-refractivity contribution is 9.10. The molecule has 5 nitrogen and oxygen atoms in total. The average Bonchev–Trinajstić information content (AvgIpc) is 3.03. The maximum Gasteiger partial charge on any atom is 0.310 e. The van der Waals surface area contributed by atoms with Crippen molar-refractivity contribution in [2.75, 3.05) is 13.7 Å². The van der Waals surface area contributed by atoms with Gasteiger partial charge in [0, 0.05) is 27.1 Å². The summed E-state index contributed by atoms with van der Waals surface area (Å²) in [5.41, 5.74) is 2.47. The Bertz CT molecular complexity index is 916. The number of furan rings is 1. The second-order valence-electron chi connectivity index (χ2n) is 5.65. The van der Waals surface area contributed by atoms with E-state index in [9.17, 15) is 4.79 Å². The Morgan fingerprint density at radius 3 is 2.77 bits per heavy atom. The highest BCUT2D eigenvalue weighted by Gasteiger charge is 2.13. The second-order valence-corrected chi connectivity index (χ2v) is 6.56. The molecule has 0 atom stereocenters. The first-order valence-corrected chi connectivity index (χ1v) is 9.01. The number of carbonyl (C=O) groups is 1. The fraction of sp³-hybridized carbons (Fsp3) is 0.250. The van der Waals surface area contributed by atoms with E-state index in [1.165, 1.54) is 0 Å². The van der Waals surface area contributed by atoms with Gasteiger partial charge < -0.3 is 18.6 Å². The molecule has 0 aliphatic heterocycles. The Morgan fingerprint density at radius 1 is 1.15 bits per heavy atom. The Morgan fingerprint density at radius 2 is 2.00 bits per heavy atom. The normalized spacial score (nSPS) is 10.7. The minimum absolute atomic E-state index is 0.144. The largest absolute Gasteiger partial charge is 0.497 e. The third kappa shape index (κ3) is 4.19. The summed E-state index contributed by atoms with van der Waals surface area (Å²) >= 11 is 3.47. The Balaban J connectivity index is 1.83. The van der Waals surface area contributed by atoms with E-state index in [-0.39, 0.29) is 12.4 Å². The number of fused-ring (bicyclic) bond motifs is 1. The van der Waals surface area contributed by atoms with Crippen LogP contribution in [0.25, 0.3) is 11.0 Å². The highest BCUT2D eigenvalue weighted by atomic mass is 79.9. The smallest absolute Gasteiger partial charge is 0.310 e. The molecule has 0 saturated carbocycles. The summed E-state index contributed by atoms with van der Waals surface area (Å²) in [7, 11) is 1.59. The second kappa shape index (κ2) is 8.27. The number of rotatable bonds is 7. The predicted octanol–water partition coefficient (Wildman–Crippen LogP) is 4.89. The molecule has 0 amide bonds. The number of ether oxygens (including phenoxy) is 3. The standard InChI is InChI=1S/C20H19BrO5/c1-3-24-20(22)8-13-4-6-16(23-2)10-19(13)26-12-14-11-25-18-7-5-15(21)9-17(14)18/h4-7,9-11H,3,8,12H2,1-2H3. The lowest BCUT2D eigenvalue weighted by molar-refractivity contribution is -0.142. The van der Waals surface area contributed by atoms with Crippen molar-refractivity contribution in [2.45, 2.75) is 20.0 Å². The lowest BCUT2D eigenvalue weighted by atomic mass is 10.1. The Labute approximate surface area is 160 Å². The van der Waals surface area contributed by atoms with Crippen molar-refractivity contribution >= 4 is 32.9 Å². The van der Waals surface area contributed by atoms with Crippen LogP contribution in [-0.4, -0.2) is 19.7 Å². The molecule has 6 heteroatoms. The molecule has 26 heavy (non-hydrogen) atoms. The van der Waals surface area contributed by atoms with Crippen LogP contribution in [0.3, 0.4) is 0 Å². The van der Waals surface area contributed by atoms with Crippen molar-refractivity contribution in [3.05, 3.63) is 58.3 Å². The Hall–Kier alpha value is -2.47. The van der Waals surface area contributed by atoms with Crippen LogP contribution in [0.4, 0.5) is 0 Å². The van der Waals surface area contributed by atoms with Gasteiger partial charge in [0.05, 0.1) is 26.4 Å². The topological polar surface area (TPSA) is 57.9 Å². The zero-order valence-electron chi connectivity index (χ0n) is 14.6. The van der Waals surface area contributed by atoms with Crippen LogP contribution in [0.1, 0.15) is 18.1 Å². The van der Waals surface area contributed by atoms with Gasteiger partial charge in [0.25, 0.3) is 0 Å². The van der Waals surface area contributed by atoms with E-state index in [0.717, 1.165) is 26.6 Å². The number of halogens is 1. The van der Waals surface area contributed by atoms with Crippen LogP contribution < -0.4 is 9.47 Å². The molecule has 1 heterocycles. The van der Waals surface area contributed by atoms with Gasteiger partial charge in [0.15, 0.2) is 0 Å². The van der Waals surface area contributed by atoms with Gasteiger partial charge in [0.2, 0.25) is 0 Å². The minimum Gasteiger partial charge on any atom is -0.497 e. The molecular formula is C20H19BrO5. The molecule has 0 bridgehead atoms. The molecule has 0 N–H and O–H groups in total. The van der Waals surface area contributed by atoms with E-state index in [4.69, 9.17) is 18.6 Å². The fourth-order valence-corrected chi connectivity index (χ4v) is 2.99. The van der Waals surface area contributed by atoms with Crippen LogP contribution in [0.15, 0.2) is 51.6 Å². The summed E-state index contributed by atoms with van der Waals surface area (Å²) in [4.78, 5) is 11.8. The maximum atomic E-state index is 11.8. The monoisotopic (exact) mass is 418 g/mol. The number of hydrogen-bond acceptors (Lipinski definition) is 5. The van der Waals surface area contributed by atoms with E-state index < -0.39 is 0 Å². The first kappa shape index (κ1) is 18.3. The molecule has 0 saturated heterocycles. The van der Waals surface area contributed by atoms with Crippen molar-refractivity contribution in [3.8, 4) is 11.5 Å². The third-order valence-corrected chi connectivity index (χ3v) is 4.41. The fourth-order valence-electron chi connectivity index (χ4n) is 2.63. The first-order valence-electron chi connectivity index (χ1n) is 8.21. The van der Waals surface area contributed by atoms with Crippen LogP contribution in [-0.2, 0) is 22.6 Å². The molecule has 1 aromatic heterocycles. The lowest BCUT2D eigenvalue weighted by Gasteiger charge is -2.12. The summed E-state index contributed by atoms with van der Waals surface area (Å²) in [6.07, 6.45) is 1.83. The zero-order chi connectivity index (χ0) is 18.5. The molecule has 0 unspecified atom stereocenters. The van der Waals surface area contributed by atoms with E-state index in [2.05, 4.69) is 15.9 Å². The SMILES string of the molecule is CCOC(=O)Cc1ccc(OC)cc1OCc1coc2ccc(Br)cc12. The molecular weight excluding hydrogens is 400 g/mol. The number of carbonyl (C=O) groups excluding carboxylic acids is 1. The van der Waals surface area contributed by atoms with Crippen molar-refractivity contribution < 1.29 is 23.4 Å². The third-order valence-electron chi connectivity index (χ3n) is 3.91. The summed E-state index contributed by atoms with van der Waals surface area (Å²) in [5.74, 6) is 0.953. The molecule has 3 aromatic rings. The van der Waals surface area contributed by atoms with Crippen molar-refractivity contribution in [3.63, 3.8) is 0 Å². The van der Waals surface area contributed by atoms with Crippen molar-refractivity contribution in [2.24, 2.45) is 0 Å². The molecule has 0 radical (unpaired) electrons. The zero-order valence-corrected chi connectivity index (χ0v) is 16.2. The Kier molecular flexibility index (Phi) is 5.83. The van der Waals surface area contributed by atoms with Crippen LogP contribution in [0, 0.1) is 0 Å². The average molecular weight is 419 g/mol. The van der Waals surface area contributed by atoms with Crippen LogP contribution in [0.2, 0.25) is 0 Å². The van der Waals surface area contributed by atoms with Crippen LogP contribution in [0.5, 0.6) is 11.5 Å². The molecule has 0 fully saturated rings. The quantitative estimate of drug-likeness (QED) is 0.511. The van der Waals surface area contributed by atoms with E-state index in [1.54, 1.807) is 32.4 Å².